The quantitative estimate of drug-likeness (QED) is 0.690. The summed E-state index contributed by atoms with van der Waals surface area (Å²) in [4.78, 5) is 12.4. The number of amides is 2. The van der Waals surface area contributed by atoms with E-state index < -0.39 is 0 Å². The molecule has 144 valence electrons. The second-order valence-corrected chi connectivity index (χ2v) is 6.63. The Bertz CT molecular complexity index is 956. The fraction of sp³-hybridized carbons (Fsp3) is 0.238. The molecule has 1 atom stereocenters. The van der Waals surface area contributed by atoms with E-state index in [1.807, 2.05) is 66.3 Å². The highest BCUT2D eigenvalue weighted by Crippen LogP contribution is 2.34. The van der Waals surface area contributed by atoms with Gasteiger partial charge in [-0.05, 0) is 41.8 Å². The lowest BCUT2D eigenvalue weighted by Crippen LogP contribution is -2.36. The Morgan fingerprint density at radius 3 is 2.79 bits per heavy atom. The van der Waals surface area contributed by atoms with Gasteiger partial charge in [-0.15, -0.1) is 0 Å². The van der Waals surface area contributed by atoms with Gasteiger partial charge in [0.15, 0.2) is 11.5 Å². The standard InChI is InChI=1S/C21H22N4O3/c1-15(16-7-8-19-20(11-16)28-14-27-19)24-21(26)22-12-17-5-2-3-6-18(17)13-25-10-4-9-23-25/h2-11,15H,12-14H2,1H3,(H2,22,24,26). The Morgan fingerprint density at radius 1 is 1.14 bits per heavy atom. The SMILES string of the molecule is CC(NC(=O)NCc1ccccc1Cn1cccn1)c1ccc2c(c1)OCO2. The number of carbonyl (C=O) groups excluding carboxylic acids is 1. The van der Waals surface area contributed by atoms with E-state index in [-0.39, 0.29) is 18.9 Å². The number of nitrogens with one attached hydrogen (secondary N) is 2. The fourth-order valence-corrected chi connectivity index (χ4v) is 3.14. The molecule has 1 aliphatic heterocycles. The van der Waals surface area contributed by atoms with E-state index in [9.17, 15) is 4.79 Å². The summed E-state index contributed by atoms with van der Waals surface area (Å²) >= 11 is 0. The van der Waals surface area contributed by atoms with Crippen LogP contribution in [0.4, 0.5) is 4.79 Å². The molecule has 0 fully saturated rings. The monoisotopic (exact) mass is 378 g/mol. The fourth-order valence-electron chi connectivity index (χ4n) is 3.14. The van der Waals surface area contributed by atoms with E-state index in [4.69, 9.17) is 9.47 Å². The van der Waals surface area contributed by atoms with Crippen LogP contribution in [0.3, 0.4) is 0 Å². The van der Waals surface area contributed by atoms with Crippen LogP contribution in [0, 0.1) is 0 Å². The highest BCUT2D eigenvalue weighted by Gasteiger charge is 2.17. The van der Waals surface area contributed by atoms with Gasteiger partial charge in [-0.3, -0.25) is 4.68 Å². The third kappa shape index (κ3) is 4.09. The summed E-state index contributed by atoms with van der Waals surface area (Å²) in [5.41, 5.74) is 3.14. The zero-order chi connectivity index (χ0) is 19.3. The number of urea groups is 1. The van der Waals surface area contributed by atoms with Crippen molar-refractivity contribution in [2.45, 2.75) is 26.1 Å². The van der Waals surface area contributed by atoms with Gasteiger partial charge in [0.2, 0.25) is 6.79 Å². The minimum absolute atomic E-state index is 0.159. The predicted octanol–water partition coefficient (Wildman–Crippen LogP) is 3.22. The van der Waals surface area contributed by atoms with Crippen LogP contribution in [-0.4, -0.2) is 22.6 Å². The van der Waals surface area contributed by atoms with Crippen LogP contribution < -0.4 is 20.1 Å². The van der Waals surface area contributed by atoms with Crippen LogP contribution in [0.25, 0.3) is 0 Å². The van der Waals surface area contributed by atoms with E-state index in [0.29, 0.717) is 18.8 Å². The van der Waals surface area contributed by atoms with Crippen molar-refractivity contribution in [1.82, 2.24) is 20.4 Å². The Hall–Kier alpha value is -3.48. The Kier molecular flexibility index (Phi) is 5.14. The van der Waals surface area contributed by atoms with Crippen molar-refractivity contribution in [3.8, 4) is 11.5 Å². The number of aromatic nitrogens is 2. The summed E-state index contributed by atoms with van der Waals surface area (Å²) in [7, 11) is 0. The number of benzene rings is 2. The second kappa shape index (κ2) is 8.04. The van der Waals surface area contributed by atoms with Crippen LogP contribution in [0.1, 0.15) is 29.7 Å². The number of fused-ring (bicyclic) bond motifs is 1. The van der Waals surface area contributed by atoms with Crippen molar-refractivity contribution >= 4 is 6.03 Å². The summed E-state index contributed by atoms with van der Waals surface area (Å²) in [5, 5.41) is 10.1. The van der Waals surface area contributed by atoms with Crippen LogP contribution in [0.15, 0.2) is 60.9 Å². The second-order valence-electron chi connectivity index (χ2n) is 6.63. The first-order chi connectivity index (χ1) is 13.7. The van der Waals surface area contributed by atoms with E-state index in [1.54, 1.807) is 6.20 Å². The maximum absolute atomic E-state index is 12.4. The summed E-state index contributed by atoms with van der Waals surface area (Å²) in [5.74, 6) is 1.44. The molecule has 1 aromatic heterocycles. The van der Waals surface area contributed by atoms with Crippen molar-refractivity contribution < 1.29 is 14.3 Å². The van der Waals surface area contributed by atoms with Gasteiger partial charge in [-0.2, -0.15) is 5.10 Å². The summed E-state index contributed by atoms with van der Waals surface area (Å²) in [6.45, 7) is 3.28. The maximum atomic E-state index is 12.4. The molecule has 2 amide bonds. The number of nitrogens with zero attached hydrogens (tertiary/aromatic N) is 2. The number of ether oxygens (including phenoxy) is 2. The van der Waals surface area contributed by atoms with E-state index in [0.717, 1.165) is 22.4 Å². The van der Waals surface area contributed by atoms with Gasteiger partial charge >= 0.3 is 6.03 Å². The average molecular weight is 378 g/mol. The molecule has 2 aromatic carbocycles. The maximum Gasteiger partial charge on any atom is 0.315 e. The molecule has 2 N–H and O–H groups in total. The Labute approximate surface area is 163 Å². The van der Waals surface area contributed by atoms with E-state index in [2.05, 4.69) is 15.7 Å². The van der Waals surface area contributed by atoms with Gasteiger partial charge in [-0.1, -0.05) is 30.3 Å². The van der Waals surface area contributed by atoms with Crippen LogP contribution in [0.5, 0.6) is 11.5 Å². The molecule has 2 heterocycles. The molecule has 0 radical (unpaired) electrons. The molecule has 7 nitrogen and oxygen atoms in total. The van der Waals surface area contributed by atoms with Crippen molar-refractivity contribution in [3.05, 3.63) is 77.6 Å². The van der Waals surface area contributed by atoms with Crippen molar-refractivity contribution in [3.63, 3.8) is 0 Å². The molecule has 3 aromatic rings. The highest BCUT2D eigenvalue weighted by atomic mass is 16.7. The minimum Gasteiger partial charge on any atom is -0.454 e. The van der Waals surface area contributed by atoms with Gasteiger partial charge < -0.3 is 20.1 Å². The molecular weight excluding hydrogens is 356 g/mol. The largest absolute Gasteiger partial charge is 0.454 e. The van der Waals surface area contributed by atoms with Gasteiger partial charge in [-0.25, -0.2) is 4.79 Å². The smallest absolute Gasteiger partial charge is 0.315 e. The molecule has 1 unspecified atom stereocenters. The predicted molar refractivity (Wildman–Crippen MR) is 104 cm³/mol. The molecule has 0 saturated heterocycles. The van der Waals surface area contributed by atoms with Gasteiger partial charge in [0.25, 0.3) is 0 Å². The summed E-state index contributed by atoms with van der Waals surface area (Å²) in [6.07, 6.45) is 3.68. The van der Waals surface area contributed by atoms with E-state index >= 15 is 0 Å². The molecule has 0 aliphatic carbocycles. The number of carbonyl (C=O) groups is 1. The third-order valence-corrected chi connectivity index (χ3v) is 4.69. The lowest BCUT2D eigenvalue weighted by molar-refractivity contribution is 0.174. The Morgan fingerprint density at radius 2 is 1.96 bits per heavy atom. The summed E-state index contributed by atoms with van der Waals surface area (Å²) in [6, 6.07) is 15.2. The molecule has 0 bridgehead atoms. The molecule has 0 saturated carbocycles. The molecule has 7 heteroatoms. The van der Waals surface area contributed by atoms with Crippen LogP contribution in [0.2, 0.25) is 0 Å². The van der Waals surface area contributed by atoms with Crippen molar-refractivity contribution in [2.75, 3.05) is 6.79 Å². The molecule has 1 aliphatic rings. The number of rotatable bonds is 6. The Balaban J connectivity index is 1.34. The first-order valence-corrected chi connectivity index (χ1v) is 9.17. The van der Waals surface area contributed by atoms with Crippen molar-refractivity contribution in [1.29, 1.82) is 0 Å². The van der Waals surface area contributed by atoms with Crippen LogP contribution >= 0.6 is 0 Å². The molecule has 0 spiro atoms. The lowest BCUT2D eigenvalue weighted by Gasteiger charge is -2.16. The first kappa shape index (κ1) is 17.9. The lowest BCUT2D eigenvalue weighted by atomic mass is 10.1. The van der Waals surface area contributed by atoms with E-state index in [1.165, 1.54) is 0 Å². The van der Waals surface area contributed by atoms with Gasteiger partial charge in [0, 0.05) is 18.9 Å². The number of hydrogen-bond acceptors (Lipinski definition) is 4. The zero-order valence-corrected chi connectivity index (χ0v) is 15.6. The molecular formula is C21H22N4O3. The minimum atomic E-state index is -0.223. The molecule has 4 rings (SSSR count). The van der Waals surface area contributed by atoms with Crippen LogP contribution in [-0.2, 0) is 13.1 Å². The average Bonchev–Trinajstić information content (AvgIpc) is 3.38. The zero-order valence-electron chi connectivity index (χ0n) is 15.6. The topological polar surface area (TPSA) is 77.4 Å². The third-order valence-electron chi connectivity index (χ3n) is 4.69. The van der Waals surface area contributed by atoms with Crippen molar-refractivity contribution in [2.24, 2.45) is 0 Å². The van der Waals surface area contributed by atoms with Gasteiger partial charge in [0.05, 0.1) is 12.6 Å². The van der Waals surface area contributed by atoms with Gasteiger partial charge in [0.1, 0.15) is 0 Å². The summed E-state index contributed by atoms with van der Waals surface area (Å²) < 4.78 is 12.6. The number of hydrogen-bond donors (Lipinski definition) is 2. The highest BCUT2D eigenvalue weighted by molar-refractivity contribution is 5.74. The molecule has 28 heavy (non-hydrogen) atoms. The normalized spacial score (nSPS) is 13.2. The first-order valence-electron chi connectivity index (χ1n) is 9.17.